The Morgan fingerprint density at radius 1 is 1.30 bits per heavy atom. The highest BCUT2D eigenvalue weighted by molar-refractivity contribution is 5.40. The molecular weight excluding hydrogens is 256 g/mol. The van der Waals surface area contributed by atoms with Crippen LogP contribution in [0.3, 0.4) is 0 Å². The summed E-state index contributed by atoms with van der Waals surface area (Å²) in [7, 11) is 1.55. The second kappa shape index (κ2) is 6.21. The predicted octanol–water partition coefficient (Wildman–Crippen LogP) is 1.52. The summed E-state index contributed by atoms with van der Waals surface area (Å²) in [5.74, 6) is 0.915. The van der Waals surface area contributed by atoms with E-state index < -0.39 is 6.10 Å². The van der Waals surface area contributed by atoms with Crippen molar-refractivity contribution in [3.05, 3.63) is 41.6 Å². The van der Waals surface area contributed by atoms with Gasteiger partial charge in [-0.3, -0.25) is 0 Å². The first-order chi connectivity index (χ1) is 9.58. The minimum Gasteiger partial charge on any atom is -0.481 e. The van der Waals surface area contributed by atoms with Gasteiger partial charge in [0.1, 0.15) is 0 Å². The van der Waals surface area contributed by atoms with Crippen LogP contribution < -0.4 is 15.8 Å². The molecule has 0 aliphatic rings. The van der Waals surface area contributed by atoms with Crippen molar-refractivity contribution in [3.63, 3.8) is 0 Å². The first-order valence-electron chi connectivity index (χ1n) is 6.25. The minimum absolute atomic E-state index is 0.302. The number of hydrogen-bond donors (Lipinski definition) is 3. The number of hydrogen-bond acceptors (Lipinski definition) is 6. The van der Waals surface area contributed by atoms with Gasteiger partial charge in [-0.15, -0.1) is 0 Å². The summed E-state index contributed by atoms with van der Waals surface area (Å²) in [6, 6.07) is 8.83. The molecule has 1 unspecified atom stereocenters. The second-order valence-electron chi connectivity index (χ2n) is 4.44. The molecule has 0 spiro atoms. The van der Waals surface area contributed by atoms with Gasteiger partial charge in [-0.05, 0) is 24.6 Å². The predicted molar refractivity (Wildman–Crippen MR) is 77.6 cm³/mol. The lowest BCUT2D eigenvalue weighted by molar-refractivity contribution is 0.191. The number of aryl methyl sites for hydroxylation is 1. The molecule has 1 heterocycles. The van der Waals surface area contributed by atoms with Gasteiger partial charge < -0.3 is 20.9 Å². The molecule has 20 heavy (non-hydrogen) atoms. The van der Waals surface area contributed by atoms with Crippen molar-refractivity contribution in [1.82, 2.24) is 9.97 Å². The summed E-state index contributed by atoms with van der Waals surface area (Å²) in [5.41, 5.74) is 7.85. The number of nitrogen functional groups attached to an aromatic ring is 1. The first-order valence-corrected chi connectivity index (χ1v) is 6.25. The van der Waals surface area contributed by atoms with Gasteiger partial charge in [-0.25, -0.2) is 4.98 Å². The van der Waals surface area contributed by atoms with Gasteiger partial charge >= 0.3 is 0 Å². The van der Waals surface area contributed by atoms with E-state index in [1.807, 2.05) is 6.92 Å². The van der Waals surface area contributed by atoms with Crippen LogP contribution in [0.4, 0.5) is 11.6 Å². The topological polar surface area (TPSA) is 93.3 Å². The number of ether oxygens (including phenoxy) is 1. The Morgan fingerprint density at radius 3 is 2.65 bits per heavy atom. The van der Waals surface area contributed by atoms with Gasteiger partial charge in [-0.2, -0.15) is 4.98 Å². The Morgan fingerprint density at radius 2 is 2.00 bits per heavy atom. The first kappa shape index (κ1) is 14.1. The molecular formula is C14H18N4O2. The normalized spacial score (nSPS) is 11.9. The molecule has 0 amide bonds. The Hall–Kier alpha value is -2.34. The second-order valence-corrected chi connectivity index (χ2v) is 4.44. The molecule has 0 saturated heterocycles. The third kappa shape index (κ3) is 3.58. The fourth-order valence-corrected chi connectivity index (χ4v) is 1.75. The Bertz CT molecular complexity index is 572. The van der Waals surface area contributed by atoms with E-state index >= 15 is 0 Å². The summed E-state index contributed by atoms with van der Waals surface area (Å²) in [6.45, 7) is 2.16. The molecule has 2 aromatic rings. The van der Waals surface area contributed by atoms with Gasteiger partial charge in [0, 0.05) is 24.0 Å². The van der Waals surface area contributed by atoms with E-state index in [9.17, 15) is 5.11 Å². The summed E-state index contributed by atoms with van der Waals surface area (Å²) in [6.07, 6.45) is -0.661. The monoisotopic (exact) mass is 274 g/mol. The van der Waals surface area contributed by atoms with E-state index in [1.165, 1.54) is 0 Å². The zero-order valence-corrected chi connectivity index (χ0v) is 11.5. The summed E-state index contributed by atoms with van der Waals surface area (Å²) in [5, 5.41) is 13.1. The van der Waals surface area contributed by atoms with Gasteiger partial charge in [0.05, 0.1) is 13.2 Å². The molecule has 0 radical (unpaired) electrons. The molecule has 6 heteroatoms. The molecule has 0 fully saturated rings. The number of aromatic nitrogens is 2. The molecule has 4 N–H and O–H groups in total. The molecule has 106 valence electrons. The molecule has 6 nitrogen and oxygen atoms in total. The number of nitrogens with one attached hydrogen (secondary N) is 1. The molecule has 1 aromatic carbocycles. The van der Waals surface area contributed by atoms with Crippen LogP contribution in [0, 0.1) is 6.92 Å². The van der Waals surface area contributed by atoms with E-state index in [2.05, 4.69) is 15.3 Å². The van der Waals surface area contributed by atoms with E-state index in [0.717, 1.165) is 11.3 Å². The molecule has 0 aliphatic heterocycles. The average molecular weight is 274 g/mol. The van der Waals surface area contributed by atoms with Crippen molar-refractivity contribution >= 4 is 11.6 Å². The van der Waals surface area contributed by atoms with Crippen LogP contribution in [0.5, 0.6) is 5.88 Å². The highest BCUT2D eigenvalue weighted by Gasteiger charge is 2.09. The molecule has 0 bridgehead atoms. The lowest BCUT2D eigenvalue weighted by Gasteiger charge is -2.13. The maximum atomic E-state index is 10.1. The van der Waals surface area contributed by atoms with Crippen LogP contribution in [0.2, 0.25) is 0 Å². The lowest BCUT2D eigenvalue weighted by atomic mass is 10.1. The SMILES string of the molecule is COc1cc(C)nc(NCC(O)c2ccc(N)cc2)n1. The third-order valence-corrected chi connectivity index (χ3v) is 2.81. The van der Waals surface area contributed by atoms with Crippen molar-refractivity contribution in [1.29, 1.82) is 0 Å². The highest BCUT2D eigenvalue weighted by atomic mass is 16.5. The molecule has 1 aromatic heterocycles. The van der Waals surface area contributed by atoms with Crippen LogP contribution in [-0.4, -0.2) is 28.7 Å². The Labute approximate surface area is 117 Å². The van der Waals surface area contributed by atoms with Crippen LogP contribution >= 0.6 is 0 Å². The summed E-state index contributed by atoms with van der Waals surface area (Å²) < 4.78 is 5.07. The summed E-state index contributed by atoms with van der Waals surface area (Å²) in [4.78, 5) is 8.38. The Kier molecular flexibility index (Phi) is 4.37. The minimum atomic E-state index is -0.661. The third-order valence-electron chi connectivity index (χ3n) is 2.81. The molecule has 0 saturated carbocycles. The highest BCUT2D eigenvalue weighted by Crippen LogP contribution is 2.16. The smallest absolute Gasteiger partial charge is 0.226 e. The van der Waals surface area contributed by atoms with Gasteiger partial charge in [-0.1, -0.05) is 12.1 Å². The number of aliphatic hydroxyl groups excluding tert-OH is 1. The maximum Gasteiger partial charge on any atom is 0.226 e. The maximum absolute atomic E-state index is 10.1. The average Bonchev–Trinajstić information content (AvgIpc) is 2.45. The van der Waals surface area contributed by atoms with Crippen LogP contribution in [0.25, 0.3) is 0 Å². The van der Waals surface area contributed by atoms with Gasteiger partial charge in [0.15, 0.2) is 0 Å². The molecule has 1 atom stereocenters. The molecule has 0 aliphatic carbocycles. The number of rotatable bonds is 5. The van der Waals surface area contributed by atoms with Crippen LogP contribution in [-0.2, 0) is 0 Å². The number of anilines is 2. The summed E-state index contributed by atoms with van der Waals surface area (Å²) >= 11 is 0. The van der Waals surface area contributed by atoms with Crippen molar-refractivity contribution in [3.8, 4) is 5.88 Å². The standard InChI is InChI=1S/C14H18N4O2/c1-9-7-13(20-2)18-14(17-9)16-8-12(19)10-3-5-11(15)6-4-10/h3-7,12,19H,8,15H2,1-2H3,(H,16,17,18). The van der Waals surface area contributed by atoms with Crippen molar-refractivity contribution in [2.75, 3.05) is 24.7 Å². The quantitative estimate of drug-likeness (QED) is 0.716. The van der Waals surface area contributed by atoms with Gasteiger partial charge in [0.2, 0.25) is 11.8 Å². The van der Waals surface area contributed by atoms with E-state index in [4.69, 9.17) is 10.5 Å². The fraction of sp³-hybridized carbons (Fsp3) is 0.286. The largest absolute Gasteiger partial charge is 0.481 e. The van der Waals surface area contributed by atoms with Crippen molar-refractivity contribution in [2.24, 2.45) is 0 Å². The number of nitrogens with zero attached hydrogens (tertiary/aromatic N) is 2. The number of aliphatic hydroxyl groups is 1. The Balaban J connectivity index is 2.01. The van der Waals surface area contributed by atoms with Crippen molar-refractivity contribution < 1.29 is 9.84 Å². The van der Waals surface area contributed by atoms with Gasteiger partial charge in [0.25, 0.3) is 0 Å². The zero-order chi connectivity index (χ0) is 14.5. The van der Waals surface area contributed by atoms with Crippen LogP contribution in [0.15, 0.2) is 30.3 Å². The number of nitrogens with two attached hydrogens (primary N) is 1. The van der Waals surface area contributed by atoms with E-state index in [1.54, 1.807) is 37.4 Å². The van der Waals surface area contributed by atoms with Crippen molar-refractivity contribution in [2.45, 2.75) is 13.0 Å². The number of benzene rings is 1. The van der Waals surface area contributed by atoms with E-state index in [-0.39, 0.29) is 0 Å². The molecule has 2 rings (SSSR count). The van der Waals surface area contributed by atoms with E-state index in [0.29, 0.717) is 24.1 Å². The fourth-order valence-electron chi connectivity index (χ4n) is 1.75. The lowest BCUT2D eigenvalue weighted by Crippen LogP contribution is -2.14. The van der Waals surface area contributed by atoms with Crippen LogP contribution in [0.1, 0.15) is 17.4 Å². The number of methoxy groups -OCH3 is 1. The zero-order valence-electron chi connectivity index (χ0n) is 11.5.